The molecule has 7 heteroatoms. The molecule has 0 saturated heterocycles. The molecule has 36 heavy (non-hydrogen) atoms. The fourth-order valence-electron chi connectivity index (χ4n) is 6.24. The van der Waals surface area contributed by atoms with Crippen molar-refractivity contribution in [2.24, 2.45) is 5.41 Å². The first-order valence-electron chi connectivity index (χ1n) is 12.9. The number of hydrogen-bond donors (Lipinski definition) is 0. The normalized spacial score (nSPS) is 23.0. The highest BCUT2D eigenvalue weighted by molar-refractivity contribution is 7.16. The van der Waals surface area contributed by atoms with Crippen molar-refractivity contribution in [3.8, 4) is 17.6 Å². The second kappa shape index (κ2) is 8.77. The molecule has 0 saturated carbocycles. The van der Waals surface area contributed by atoms with Crippen LogP contribution in [-0.2, 0) is 22.4 Å². The Morgan fingerprint density at radius 3 is 2.64 bits per heavy atom. The van der Waals surface area contributed by atoms with E-state index in [4.69, 9.17) is 9.47 Å². The van der Waals surface area contributed by atoms with Crippen LogP contribution in [-0.4, -0.2) is 18.5 Å². The molecule has 6 nitrogen and oxygen atoms in total. The summed E-state index contributed by atoms with van der Waals surface area (Å²) < 4.78 is 11.1. The minimum absolute atomic E-state index is 0.0485. The molecule has 0 N–H and O–H groups in total. The van der Waals surface area contributed by atoms with Crippen LogP contribution in [0.4, 0.5) is 5.00 Å². The number of fused-ring (bicyclic) bond motifs is 2. The summed E-state index contributed by atoms with van der Waals surface area (Å²) >= 11 is 1.59. The molecule has 0 unspecified atom stereocenters. The molecule has 3 heterocycles. The lowest BCUT2D eigenvalue weighted by molar-refractivity contribution is -0.120. The Kier molecular flexibility index (Phi) is 5.68. The Morgan fingerprint density at radius 1 is 1.06 bits per heavy atom. The van der Waals surface area contributed by atoms with Crippen LogP contribution in [0.15, 0.2) is 29.5 Å². The van der Waals surface area contributed by atoms with Gasteiger partial charge in [0.25, 0.3) is 0 Å². The molecule has 0 spiro atoms. The van der Waals surface area contributed by atoms with E-state index < -0.39 is 0 Å². The Balaban J connectivity index is 1.51. The third-order valence-corrected chi connectivity index (χ3v) is 9.19. The number of benzene rings is 1. The van der Waals surface area contributed by atoms with E-state index in [1.165, 1.54) is 17.7 Å². The number of ether oxygens (including phenoxy) is 2. The van der Waals surface area contributed by atoms with Crippen LogP contribution < -0.4 is 14.4 Å². The van der Waals surface area contributed by atoms with Crippen molar-refractivity contribution in [3.05, 3.63) is 51.0 Å². The second-order valence-electron chi connectivity index (χ2n) is 11.1. The lowest BCUT2D eigenvalue weighted by Gasteiger charge is -2.42. The Hall–Kier alpha value is -3.11. The highest BCUT2D eigenvalue weighted by atomic mass is 32.1. The van der Waals surface area contributed by atoms with E-state index in [0.717, 1.165) is 53.1 Å². The largest absolute Gasteiger partial charge is 0.454 e. The number of carbonyl (C=O) groups excluding carboxylic acids is 2. The smallest absolute Gasteiger partial charge is 0.232 e. The van der Waals surface area contributed by atoms with Crippen molar-refractivity contribution < 1.29 is 19.1 Å². The van der Waals surface area contributed by atoms with Crippen LogP contribution in [0, 0.1) is 16.7 Å². The zero-order valence-electron chi connectivity index (χ0n) is 20.8. The van der Waals surface area contributed by atoms with Gasteiger partial charge in [-0.2, -0.15) is 5.26 Å². The number of aryl methyl sites for hydroxylation is 1. The van der Waals surface area contributed by atoms with E-state index in [0.29, 0.717) is 29.9 Å². The summed E-state index contributed by atoms with van der Waals surface area (Å²) in [5.41, 5.74) is 3.88. The predicted octanol–water partition coefficient (Wildman–Crippen LogP) is 6.17. The summed E-state index contributed by atoms with van der Waals surface area (Å²) in [7, 11) is 0. The van der Waals surface area contributed by atoms with Crippen LogP contribution in [0.2, 0.25) is 0 Å². The summed E-state index contributed by atoms with van der Waals surface area (Å²) in [6, 6.07) is 8.16. The minimum atomic E-state index is -0.326. The quantitative estimate of drug-likeness (QED) is 0.491. The zero-order chi connectivity index (χ0) is 25.0. The summed E-state index contributed by atoms with van der Waals surface area (Å²) in [5.74, 6) is 1.05. The molecule has 0 radical (unpaired) electrons. The molecule has 1 amide bonds. The van der Waals surface area contributed by atoms with Gasteiger partial charge in [-0.05, 0) is 60.8 Å². The molecule has 2 aromatic rings. The average molecular weight is 503 g/mol. The number of anilines is 1. The Labute approximate surface area is 215 Å². The molecular formula is C29H30N2O4S. The number of nitrogens with zero attached hydrogens (tertiary/aromatic N) is 2. The lowest BCUT2D eigenvalue weighted by Crippen LogP contribution is -2.43. The number of carbonyl (C=O) groups is 2. The maximum Gasteiger partial charge on any atom is 0.232 e. The van der Waals surface area contributed by atoms with Crippen LogP contribution in [0.1, 0.15) is 86.3 Å². The first kappa shape index (κ1) is 23.3. The minimum Gasteiger partial charge on any atom is -0.454 e. The van der Waals surface area contributed by atoms with Gasteiger partial charge in [-0.25, -0.2) is 0 Å². The third kappa shape index (κ3) is 3.83. The SMILES string of the molecule is CC1(C)CC(=O)C2=C(C1)N(c1sc3c(c1C#N)CCCCCC3)C(=O)C[C@@H]2c1ccc2c(c1)OCO2. The van der Waals surface area contributed by atoms with E-state index in [1.54, 1.807) is 16.2 Å². The van der Waals surface area contributed by atoms with E-state index in [2.05, 4.69) is 19.9 Å². The molecule has 4 aliphatic rings. The Bertz CT molecular complexity index is 1350. The molecule has 0 bridgehead atoms. The predicted molar refractivity (Wildman–Crippen MR) is 137 cm³/mol. The number of amides is 1. The number of rotatable bonds is 2. The van der Waals surface area contributed by atoms with Gasteiger partial charge in [0.1, 0.15) is 11.1 Å². The van der Waals surface area contributed by atoms with Crippen molar-refractivity contribution in [3.63, 3.8) is 0 Å². The monoisotopic (exact) mass is 502 g/mol. The first-order valence-corrected chi connectivity index (χ1v) is 13.7. The fraction of sp³-hybridized carbons (Fsp3) is 0.483. The van der Waals surface area contributed by atoms with Crippen LogP contribution in [0.5, 0.6) is 11.5 Å². The molecule has 1 atom stereocenters. The van der Waals surface area contributed by atoms with Crippen molar-refractivity contribution in [2.45, 2.75) is 77.6 Å². The van der Waals surface area contributed by atoms with Gasteiger partial charge in [-0.1, -0.05) is 32.8 Å². The van der Waals surface area contributed by atoms with Gasteiger partial charge >= 0.3 is 0 Å². The molecule has 0 fully saturated rings. The van der Waals surface area contributed by atoms with E-state index in [-0.39, 0.29) is 36.2 Å². The highest BCUT2D eigenvalue weighted by Crippen LogP contribution is 2.51. The van der Waals surface area contributed by atoms with Crippen molar-refractivity contribution >= 4 is 28.0 Å². The lowest BCUT2D eigenvalue weighted by atomic mass is 9.69. The molecule has 6 rings (SSSR count). The average Bonchev–Trinajstić information content (AvgIpc) is 3.41. The van der Waals surface area contributed by atoms with Gasteiger partial charge < -0.3 is 9.47 Å². The molecule has 1 aromatic carbocycles. The van der Waals surface area contributed by atoms with E-state index in [1.807, 2.05) is 18.2 Å². The van der Waals surface area contributed by atoms with Crippen LogP contribution in [0.25, 0.3) is 0 Å². The second-order valence-corrected chi connectivity index (χ2v) is 12.2. The maximum atomic E-state index is 13.9. The number of thiophene rings is 1. The van der Waals surface area contributed by atoms with Gasteiger partial charge in [-0.3, -0.25) is 14.5 Å². The van der Waals surface area contributed by atoms with Crippen molar-refractivity contribution in [1.29, 1.82) is 5.26 Å². The van der Waals surface area contributed by atoms with Crippen LogP contribution in [0.3, 0.4) is 0 Å². The van der Waals surface area contributed by atoms with Gasteiger partial charge in [0, 0.05) is 34.9 Å². The van der Waals surface area contributed by atoms with Gasteiger partial charge in [0.05, 0.1) is 5.56 Å². The van der Waals surface area contributed by atoms with Crippen molar-refractivity contribution in [1.82, 2.24) is 0 Å². The van der Waals surface area contributed by atoms with Gasteiger partial charge in [0.15, 0.2) is 17.3 Å². The zero-order valence-corrected chi connectivity index (χ0v) is 21.6. The van der Waals surface area contributed by atoms with E-state index >= 15 is 0 Å². The third-order valence-electron chi connectivity index (χ3n) is 7.91. The van der Waals surface area contributed by atoms with Gasteiger partial charge in [-0.15, -0.1) is 11.3 Å². The Morgan fingerprint density at radius 2 is 1.83 bits per heavy atom. The number of nitriles is 1. The highest BCUT2D eigenvalue weighted by Gasteiger charge is 2.45. The molecule has 1 aromatic heterocycles. The first-order chi connectivity index (χ1) is 17.4. The van der Waals surface area contributed by atoms with Crippen molar-refractivity contribution in [2.75, 3.05) is 11.7 Å². The standard InChI is InChI=1S/C29H30N2O4S/c1-29(2)13-21-27(22(32)14-29)19(17-9-10-23-24(11-17)35-16-34-23)12-26(33)31(21)28-20(15-30)18-7-5-3-4-6-8-25(18)36-28/h9-11,19H,3-8,12-14,16H2,1-2H3/t19-/m1/s1. The van der Waals surface area contributed by atoms with E-state index in [9.17, 15) is 14.9 Å². The molecule has 2 aliphatic heterocycles. The summed E-state index contributed by atoms with van der Waals surface area (Å²) in [4.78, 5) is 30.6. The number of hydrogen-bond acceptors (Lipinski definition) is 6. The number of allylic oxidation sites excluding steroid dienone is 2. The van der Waals surface area contributed by atoms with Crippen LogP contribution >= 0.6 is 11.3 Å². The summed E-state index contributed by atoms with van der Waals surface area (Å²) in [6.07, 6.45) is 7.64. The maximum absolute atomic E-state index is 13.9. The summed E-state index contributed by atoms with van der Waals surface area (Å²) in [6.45, 7) is 4.35. The van der Waals surface area contributed by atoms with Gasteiger partial charge in [0.2, 0.25) is 12.7 Å². The number of Topliss-reactive ketones (excluding diaryl/α,β-unsaturated/α-hetero) is 1. The summed E-state index contributed by atoms with van der Waals surface area (Å²) in [5, 5.41) is 10.9. The topological polar surface area (TPSA) is 79.6 Å². The number of ketones is 1. The molecule has 186 valence electrons. The molecular weight excluding hydrogens is 472 g/mol. The molecule has 2 aliphatic carbocycles. The fourth-order valence-corrected chi connectivity index (χ4v) is 7.62.